The third kappa shape index (κ3) is 3.67. The molecule has 0 bridgehead atoms. The van der Waals surface area contributed by atoms with Gasteiger partial charge in [0.2, 0.25) is 5.91 Å². The van der Waals surface area contributed by atoms with Gasteiger partial charge in [0.1, 0.15) is 0 Å². The van der Waals surface area contributed by atoms with Gasteiger partial charge in [-0.2, -0.15) is 0 Å². The molecule has 1 aromatic carbocycles. The minimum absolute atomic E-state index is 0.0305. The Morgan fingerprint density at radius 2 is 1.74 bits per heavy atom. The van der Waals surface area contributed by atoms with Gasteiger partial charge in [-0.05, 0) is 12.1 Å². The first-order chi connectivity index (χ1) is 11.2. The van der Waals surface area contributed by atoms with Gasteiger partial charge in [0.05, 0.1) is 24.6 Å². The maximum Gasteiger partial charge on any atom is 0.229 e. The third-order valence-electron chi connectivity index (χ3n) is 4.66. The number of benzene rings is 1. The number of hydrogen-bond donors (Lipinski definition) is 0. The summed E-state index contributed by atoms with van der Waals surface area (Å²) in [6.45, 7) is 11.4. The van der Waals surface area contributed by atoms with Crippen LogP contribution < -0.4 is 9.80 Å². The number of hydrogen-bond acceptors (Lipinski definition) is 4. The molecule has 23 heavy (non-hydrogen) atoms. The van der Waals surface area contributed by atoms with Crippen molar-refractivity contribution in [1.29, 1.82) is 0 Å². The van der Waals surface area contributed by atoms with E-state index in [1.165, 1.54) is 5.69 Å². The highest BCUT2D eigenvalue weighted by atomic mass is 16.5. The number of carbonyl (C=O) groups is 1. The normalized spacial score (nSPS) is 19.1. The van der Waals surface area contributed by atoms with Gasteiger partial charge in [-0.3, -0.25) is 9.69 Å². The molecule has 1 saturated heterocycles. The summed E-state index contributed by atoms with van der Waals surface area (Å²) in [6, 6.07) is 8.28. The lowest BCUT2D eigenvalue weighted by Crippen LogP contribution is -2.48. The Bertz CT molecular complexity index is 541. The first-order valence-electron chi connectivity index (χ1n) is 8.62. The molecule has 1 aromatic rings. The van der Waals surface area contributed by atoms with Crippen LogP contribution in [0.3, 0.4) is 0 Å². The molecule has 1 fully saturated rings. The van der Waals surface area contributed by atoms with Crippen LogP contribution in [0.25, 0.3) is 0 Å². The quantitative estimate of drug-likeness (QED) is 0.849. The summed E-state index contributed by atoms with van der Waals surface area (Å²) in [5, 5.41) is 0. The summed E-state index contributed by atoms with van der Waals surface area (Å²) < 4.78 is 5.41. The van der Waals surface area contributed by atoms with Crippen molar-refractivity contribution in [2.75, 3.05) is 62.3 Å². The van der Waals surface area contributed by atoms with Crippen molar-refractivity contribution in [3.05, 3.63) is 24.3 Å². The van der Waals surface area contributed by atoms with Crippen molar-refractivity contribution in [3.63, 3.8) is 0 Å². The number of ether oxygens (including phenoxy) is 1. The van der Waals surface area contributed by atoms with Gasteiger partial charge in [0, 0.05) is 45.2 Å². The fraction of sp³-hybridized carbons (Fsp3) is 0.611. The fourth-order valence-electron chi connectivity index (χ4n) is 3.28. The summed E-state index contributed by atoms with van der Waals surface area (Å²) in [4.78, 5) is 19.3. The maximum atomic E-state index is 12.5. The molecule has 0 atom stereocenters. The smallest absolute Gasteiger partial charge is 0.229 e. The van der Waals surface area contributed by atoms with Crippen LogP contribution in [0.5, 0.6) is 0 Å². The minimum atomic E-state index is 0.0305. The number of carbonyl (C=O) groups excluding carboxylic acids is 1. The molecule has 1 amide bonds. The number of amides is 1. The lowest BCUT2D eigenvalue weighted by atomic mass is 10.1. The Morgan fingerprint density at radius 1 is 1.04 bits per heavy atom. The van der Waals surface area contributed by atoms with Gasteiger partial charge in [-0.25, -0.2) is 0 Å². The number of fused-ring (bicyclic) bond motifs is 1. The van der Waals surface area contributed by atoms with Gasteiger partial charge in [-0.15, -0.1) is 0 Å². The van der Waals surface area contributed by atoms with Gasteiger partial charge in [-0.1, -0.05) is 26.0 Å². The van der Waals surface area contributed by atoms with Gasteiger partial charge in [0.15, 0.2) is 0 Å². The van der Waals surface area contributed by atoms with E-state index in [0.29, 0.717) is 0 Å². The highest BCUT2D eigenvalue weighted by Gasteiger charge is 2.27. The molecule has 0 aromatic heterocycles. The second kappa shape index (κ2) is 7.32. The number of anilines is 2. The molecular weight excluding hydrogens is 290 g/mol. The van der Waals surface area contributed by atoms with Gasteiger partial charge in [0.25, 0.3) is 0 Å². The van der Waals surface area contributed by atoms with Crippen LogP contribution in [-0.2, 0) is 9.53 Å². The van der Waals surface area contributed by atoms with E-state index in [1.807, 2.05) is 24.8 Å². The van der Waals surface area contributed by atoms with E-state index >= 15 is 0 Å². The molecule has 2 aliphatic heterocycles. The maximum absolute atomic E-state index is 12.5. The largest absolute Gasteiger partial charge is 0.379 e. The summed E-state index contributed by atoms with van der Waals surface area (Å²) in [5.41, 5.74) is 2.24. The molecule has 2 heterocycles. The monoisotopic (exact) mass is 317 g/mol. The average molecular weight is 317 g/mol. The van der Waals surface area contributed by atoms with E-state index in [2.05, 4.69) is 28.0 Å². The zero-order valence-corrected chi connectivity index (χ0v) is 14.2. The lowest BCUT2D eigenvalue weighted by Gasteiger charge is -2.39. The zero-order chi connectivity index (χ0) is 16.2. The van der Waals surface area contributed by atoms with Crippen molar-refractivity contribution in [2.45, 2.75) is 13.8 Å². The van der Waals surface area contributed by atoms with Crippen LogP contribution in [-0.4, -0.2) is 63.3 Å². The summed E-state index contributed by atoms with van der Waals surface area (Å²) in [6.07, 6.45) is 0. The average Bonchev–Trinajstić information content (AvgIpc) is 2.60. The Hall–Kier alpha value is -1.59. The SMILES string of the molecule is CC(C)C(=O)N1CCN(CCN2CCOCC2)c2ccccc21. The van der Waals surface area contributed by atoms with E-state index in [4.69, 9.17) is 4.74 Å². The highest BCUT2D eigenvalue weighted by Crippen LogP contribution is 2.33. The minimum Gasteiger partial charge on any atom is -0.379 e. The molecule has 0 saturated carbocycles. The van der Waals surface area contributed by atoms with Crippen LogP contribution in [0.2, 0.25) is 0 Å². The van der Waals surface area contributed by atoms with Crippen molar-refractivity contribution in [3.8, 4) is 0 Å². The van der Waals surface area contributed by atoms with Gasteiger partial charge >= 0.3 is 0 Å². The molecule has 0 unspecified atom stereocenters. The Balaban J connectivity index is 1.70. The predicted molar refractivity (Wildman–Crippen MR) is 93.1 cm³/mol. The Kier molecular flexibility index (Phi) is 5.18. The predicted octanol–water partition coefficient (Wildman–Crippen LogP) is 1.83. The molecular formula is C18H27N3O2. The second-order valence-electron chi connectivity index (χ2n) is 6.57. The molecule has 126 valence electrons. The summed E-state index contributed by atoms with van der Waals surface area (Å²) in [7, 11) is 0. The van der Waals surface area contributed by atoms with Crippen molar-refractivity contribution < 1.29 is 9.53 Å². The first kappa shape index (κ1) is 16.3. The first-order valence-corrected chi connectivity index (χ1v) is 8.62. The van der Waals surface area contributed by atoms with Crippen molar-refractivity contribution >= 4 is 17.3 Å². The Labute approximate surface area is 138 Å². The van der Waals surface area contributed by atoms with Gasteiger partial charge < -0.3 is 14.5 Å². The summed E-state index contributed by atoms with van der Waals surface area (Å²) in [5.74, 6) is 0.244. The van der Waals surface area contributed by atoms with E-state index in [9.17, 15) is 4.79 Å². The Morgan fingerprint density at radius 3 is 2.43 bits per heavy atom. The third-order valence-corrected chi connectivity index (χ3v) is 4.66. The topological polar surface area (TPSA) is 36.0 Å². The highest BCUT2D eigenvalue weighted by molar-refractivity contribution is 5.98. The zero-order valence-electron chi connectivity index (χ0n) is 14.2. The van der Waals surface area contributed by atoms with Crippen molar-refractivity contribution in [1.82, 2.24) is 4.90 Å². The van der Waals surface area contributed by atoms with Crippen LogP contribution in [0.1, 0.15) is 13.8 Å². The van der Waals surface area contributed by atoms with E-state index in [0.717, 1.165) is 58.2 Å². The van der Waals surface area contributed by atoms with Crippen LogP contribution >= 0.6 is 0 Å². The molecule has 5 heteroatoms. The lowest BCUT2D eigenvalue weighted by molar-refractivity contribution is -0.121. The molecule has 0 spiro atoms. The number of nitrogens with zero attached hydrogens (tertiary/aromatic N) is 3. The van der Waals surface area contributed by atoms with E-state index < -0.39 is 0 Å². The molecule has 0 aliphatic carbocycles. The van der Waals surface area contributed by atoms with E-state index in [-0.39, 0.29) is 11.8 Å². The second-order valence-corrected chi connectivity index (χ2v) is 6.57. The number of para-hydroxylation sites is 2. The number of morpholine rings is 1. The molecule has 0 radical (unpaired) electrons. The van der Waals surface area contributed by atoms with E-state index in [1.54, 1.807) is 0 Å². The summed E-state index contributed by atoms with van der Waals surface area (Å²) >= 11 is 0. The standard InChI is InChI=1S/C18H27N3O2/c1-15(2)18(22)21-10-9-20(16-5-3-4-6-17(16)21)8-7-19-11-13-23-14-12-19/h3-6,15H,7-14H2,1-2H3. The van der Waals surface area contributed by atoms with Crippen LogP contribution in [0.15, 0.2) is 24.3 Å². The van der Waals surface area contributed by atoms with Crippen LogP contribution in [0.4, 0.5) is 11.4 Å². The molecule has 2 aliphatic rings. The van der Waals surface area contributed by atoms with Crippen LogP contribution in [0, 0.1) is 5.92 Å². The molecule has 5 nitrogen and oxygen atoms in total. The fourth-order valence-corrected chi connectivity index (χ4v) is 3.28. The molecule has 3 rings (SSSR count). The number of rotatable bonds is 4. The van der Waals surface area contributed by atoms with Crippen molar-refractivity contribution in [2.24, 2.45) is 5.92 Å². The molecule has 0 N–H and O–H groups in total.